The molecule has 2 N–H and O–H groups in total. The number of esters is 2. The maximum Gasteiger partial charge on any atom is 0.344 e. The Morgan fingerprint density at radius 3 is 2.63 bits per heavy atom. The Morgan fingerprint density at radius 2 is 1.96 bits per heavy atom. The van der Waals surface area contributed by atoms with Gasteiger partial charge < -0.3 is 24.8 Å². The number of nitrogens with one attached hydrogen (secondary N) is 2. The number of hydrogen-bond donors (Lipinski definition) is 2. The molecule has 0 aromatic heterocycles. The summed E-state index contributed by atoms with van der Waals surface area (Å²) in [4.78, 5) is 36.0. The second kappa shape index (κ2) is 9.61. The number of carbonyl (C=O) groups excluding carboxylic acids is 3. The number of benzene rings is 1. The van der Waals surface area contributed by atoms with Gasteiger partial charge in [-0.2, -0.15) is 0 Å². The summed E-state index contributed by atoms with van der Waals surface area (Å²) in [5.41, 5.74) is 1.48. The lowest BCUT2D eigenvalue weighted by Crippen LogP contribution is -2.51. The van der Waals surface area contributed by atoms with E-state index in [9.17, 15) is 14.4 Å². The molecule has 0 aliphatic carbocycles. The van der Waals surface area contributed by atoms with Crippen LogP contribution in [0.3, 0.4) is 0 Å². The Bertz CT molecular complexity index is 743. The van der Waals surface area contributed by atoms with E-state index in [-0.39, 0.29) is 31.1 Å². The van der Waals surface area contributed by atoms with E-state index in [2.05, 4.69) is 10.6 Å². The molecule has 0 saturated carbocycles. The predicted octanol–water partition coefficient (Wildman–Crippen LogP) is 1.83. The van der Waals surface area contributed by atoms with Crippen molar-refractivity contribution in [3.8, 4) is 5.75 Å². The third-order valence-electron chi connectivity index (χ3n) is 3.87. The molecular weight excluding hydrogens is 352 g/mol. The van der Waals surface area contributed by atoms with Gasteiger partial charge in [-0.25, -0.2) is 14.4 Å². The zero-order chi connectivity index (χ0) is 19.8. The molecule has 2 amide bonds. The van der Waals surface area contributed by atoms with Crippen LogP contribution in [-0.2, 0) is 19.1 Å². The molecule has 0 saturated heterocycles. The highest BCUT2D eigenvalue weighted by molar-refractivity contribution is 5.94. The second-order valence-corrected chi connectivity index (χ2v) is 5.94. The van der Waals surface area contributed by atoms with Gasteiger partial charge in [0.2, 0.25) is 0 Å². The van der Waals surface area contributed by atoms with Crippen molar-refractivity contribution < 1.29 is 28.6 Å². The van der Waals surface area contributed by atoms with Crippen molar-refractivity contribution in [2.45, 2.75) is 33.2 Å². The van der Waals surface area contributed by atoms with Gasteiger partial charge in [0.1, 0.15) is 12.4 Å². The van der Waals surface area contributed by atoms with Crippen LogP contribution in [0.15, 0.2) is 35.5 Å². The standard InChI is InChI=1S/C19H24N2O6/c1-4-14-17(18(23)25-5-2)15(21-19(24)20-14)10-27-16(22)11-26-13-8-6-7-12(3)9-13/h6-9,14H,4-5,10-11H2,1-3H3,(H2,20,21,24)/t14-/m0/s1. The Balaban J connectivity index is 2.01. The lowest BCUT2D eigenvalue weighted by atomic mass is 10.0. The van der Waals surface area contributed by atoms with Gasteiger partial charge in [0.25, 0.3) is 0 Å². The fraction of sp³-hybridized carbons (Fsp3) is 0.421. The molecule has 8 nitrogen and oxygen atoms in total. The first kappa shape index (κ1) is 20.3. The fourth-order valence-electron chi connectivity index (χ4n) is 2.62. The third kappa shape index (κ3) is 5.73. The van der Waals surface area contributed by atoms with Crippen molar-refractivity contribution in [1.82, 2.24) is 10.6 Å². The van der Waals surface area contributed by atoms with Crippen LogP contribution >= 0.6 is 0 Å². The van der Waals surface area contributed by atoms with Crippen LogP contribution in [0.4, 0.5) is 4.79 Å². The highest BCUT2D eigenvalue weighted by Gasteiger charge is 2.31. The monoisotopic (exact) mass is 376 g/mol. The molecule has 1 aliphatic rings. The lowest BCUT2D eigenvalue weighted by Gasteiger charge is -2.28. The molecule has 0 unspecified atom stereocenters. The summed E-state index contributed by atoms with van der Waals surface area (Å²) in [6.45, 7) is 5.09. The minimum absolute atomic E-state index is 0.199. The molecule has 27 heavy (non-hydrogen) atoms. The molecule has 8 heteroatoms. The summed E-state index contributed by atoms with van der Waals surface area (Å²) >= 11 is 0. The van der Waals surface area contributed by atoms with E-state index in [0.29, 0.717) is 12.2 Å². The van der Waals surface area contributed by atoms with E-state index >= 15 is 0 Å². The Kier molecular flexibility index (Phi) is 7.22. The van der Waals surface area contributed by atoms with Gasteiger partial charge in [0, 0.05) is 0 Å². The van der Waals surface area contributed by atoms with E-state index in [0.717, 1.165) is 5.56 Å². The van der Waals surface area contributed by atoms with Crippen LogP contribution in [0.2, 0.25) is 0 Å². The van der Waals surface area contributed by atoms with Crippen molar-refractivity contribution in [2.75, 3.05) is 19.8 Å². The number of rotatable bonds is 8. The Hall–Kier alpha value is -3.03. The SMILES string of the molecule is CCOC(=O)C1=C(COC(=O)COc2cccc(C)c2)NC(=O)N[C@H]1CC. The van der Waals surface area contributed by atoms with Crippen LogP contribution in [0.1, 0.15) is 25.8 Å². The van der Waals surface area contributed by atoms with Crippen molar-refractivity contribution >= 4 is 18.0 Å². The molecule has 0 bridgehead atoms. The summed E-state index contributed by atoms with van der Waals surface area (Å²) in [5, 5.41) is 5.17. The first-order chi connectivity index (χ1) is 12.9. The topological polar surface area (TPSA) is 103 Å². The first-order valence-corrected chi connectivity index (χ1v) is 8.77. The number of aryl methyl sites for hydroxylation is 1. The largest absolute Gasteiger partial charge is 0.482 e. The number of amides is 2. The fourth-order valence-corrected chi connectivity index (χ4v) is 2.62. The zero-order valence-electron chi connectivity index (χ0n) is 15.7. The number of ether oxygens (including phenoxy) is 3. The highest BCUT2D eigenvalue weighted by atomic mass is 16.6. The van der Waals surface area contributed by atoms with Crippen molar-refractivity contribution in [3.05, 3.63) is 41.1 Å². The van der Waals surface area contributed by atoms with Crippen molar-refractivity contribution in [1.29, 1.82) is 0 Å². The quantitative estimate of drug-likeness (QED) is 0.671. The molecule has 1 aromatic rings. The summed E-state index contributed by atoms with van der Waals surface area (Å²) < 4.78 is 15.6. The van der Waals surface area contributed by atoms with E-state index in [1.54, 1.807) is 19.1 Å². The van der Waals surface area contributed by atoms with Crippen LogP contribution in [0.5, 0.6) is 5.75 Å². The van der Waals surface area contributed by atoms with Crippen LogP contribution in [0, 0.1) is 6.92 Å². The average molecular weight is 376 g/mol. The van der Waals surface area contributed by atoms with Gasteiger partial charge in [-0.3, -0.25) is 0 Å². The minimum atomic E-state index is -0.618. The van der Waals surface area contributed by atoms with E-state index < -0.39 is 24.0 Å². The van der Waals surface area contributed by atoms with Gasteiger partial charge in [-0.1, -0.05) is 19.1 Å². The van der Waals surface area contributed by atoms with E-state index in [1.165, 1.54) is 0 Å². The van der Waals surface area contributed by atoms with Gasteiger partial charge in [0.15, 0.2) is 6.61 Å². The summed E-state index contributed by atoms with van der Waals surface area (Å²) in [6.07, 6.45) is 0.496. The van der Waals surface area contributed by atoms with E-state index in [1.807, 2.05) is 26.0 Å². The van der Waals surface area contributed by atoms with Crippen LogP contribution in [-0.4, -0.2) is 43.8 Å². The van der Waals surface area contributed by atoms with Gasteiger partial charge in [0.05, 0.1) is 23.9 Å². The highest BCUT2D eigenvalue weighted by Crippen LogP contribution is 2.17. The summed E-state index contributed by atoms with van der Waals surface area (Å²) in [7, 11) is 0. The molecule has 0 spiro atoms. The molecule has 1 atom stereocenters. The maximum absolute atomic E-state index is 12.2. The van der Waals surface area contributed by atoms with Crippen LogP contribution < -0.4 is 15.4 Å². The van der Waals surface area contributed by atoms with Crippen LogP contribution in [0.25, 0.3) is 0 Å². The Morgan fingerprint density at radius 1 is 1.19 bits per heavy atom. The second-order valence-electron chi connectivity index (χ2n) is 5.94. The smallest absolute Gasteiger partial charge is 0.344 e. The molecule has 1 heterocycles. The number of hydrogen-bond acceptors (Lipinski definition) is 6. The lowest BCUT2D eigenvalue weighted by molar-refractivity contribution is -0.145. The molecule has 0 radical (unpaired) electrons. The van der Waals surface area contributed by atoms with Crippen molar-refractivity contribution in [2.24, 2.45) is 0 Å². The van der Waals surface area contributed by atoms with Gasteiger partial charge >= 0.3 is 18.0 Å². The van der Waals surface area contributed by atoms with Crippen molar-refractivity contribution in [3.63, 3.8) is 0 Å². The molecule has 1 aliphatic heterocycles. The Labute approximate surface area is 157 Å². The summed E-state index contributed by atoms with van der Waals surface area (Å²) in [6, 6.07) is 6.31. The van der Waals surface area contributed by atoms with Gasteiger partial charge in [-0.05, 0) is 38.0 Å². The average Bonchev–Trinajstić information content (AvgIpc) is 2.64. The minimum Gasteiger partial charge on any atom is -0.482 e. The number of carbonyl (C=O) groups is 3. The molecule has 2 rings (SSSR count). The molecular formula is C19H24N2O6. The van der Waals surface area contributed by atoms with E-state index in [4.69, 9.17) is 14.2 Å². The zero-order valence-corrected chi connectivity index (χ0v) is 15.7. The predicted molar refractivity (Wildman–Crippen MR) is 97.0 cm³/mol. The first-order valence-electron chi connectivity index (χ1n) is 8.77. The molecule has 0 fully saturated rings. The summed E-state index contributed by atoms with van der Waals surface area (Å²) in [5.74, 6) is -0.619. The molecule has 146 valence electrons. The molecule has 1 aromatic carbocycles. The normalized spacial score (nSPS) is 16.3. The maximum atomic E-state index is 12.2. The number of urea groups is 1. The van der Waals surface area contributed by atoms with Gasteiger partial charge in [-0.15, -0.1) is 0 Å². The third-order valence-corrected chi connectivity index (χ3v) is 3.87.